The fourth-order valence-corrected chi connectivity index (χ4v) is 3.30. The van der Waals surface area contributed by atoms with E-state index < -0.39 is 0 Å². The number of likely N-dealkylation sites (N-methyl/N-ethyl adjacent to an activating group) is 1. The zero-order valence-corrected chi connectivity index (χ0v) is 16.9. The number of rotatable bonds is 8. The first kappa shape index (κ1) is 20.1. The van der Waals surface area contributed by atoms with Crippen LogP contribution < -0.4 is 15.5 Å². The second-order valence-corrected chi connectivity index (χ2v) is 7.39. The number of pyridine rings is 1. The van der Waals surface area contributed by atoms with E-state index in [0.717, 1.165) is 56.8 Å². The highest BCUT2D eigenvalue weighted by molar-refractivity contribution is 5.94. The quantitative estimate of drug-likeness (QED) is 0.686. The van der Waals surface area contributed by atoms with Crippen LogP contribution in [0, 0.1) is 0 Å². The van der Waals surface area contributed by atoms with Gasteiger partial charge in [-0.1, -0.05) is 19.8 Å². The van der Waals surface area contributed by atoms with Crippen molar-refractivity contribution >= 4 is 23.0 Å². The molecule has 28 heavy (non-hydrogen) atoms. The number of benzene rings is 1. The number of hydrogen-bond donors (Lipinski definition) is 2. The third-order valence-electron chi connectivity index (χ3n) is 5.09. The molecule has 0 spiro atoms. The topological polar surface area (TPSA) is 60.5 Å². The summed E-state index contributed by atoms with van der Waals surface area (Å²) in [6, 6.07) is 10.3. The predicted octanol–water partition coefficient (Wildman–Crippen LogP) is 3.50. The minimum absolute atomic E-state index is 0.0716. The molecule has 1 aliphatic heterocycles. The maximum Gasteiger partial charge on any atom is 0.252 e. The van der Waals surface area contributed by atoms with Gasteiger partial charge >= 0.3 is 0 Å². The van der Waals surface area contributed by atoms with Crippen molar-refractivity contribution in [2.24, 2.45) is 0 Å². The van der Waals surface area contributed by atoms with E-state index in [2.05, 4.69) is 63.7 Å². The standard InChI is InChI=1S/C22H31N5O/c1-3-4-5-10-24-22(28)18-15-20(17-23-16-18)25-19-6-8-21(9-7-19)27-13-11-26(2)12-14-27/h6-9,15-17,25H,3-5,10-14H2,1-2H3,(H,24,28). The Hall–Kier alpha value is -2.60. The van der Waals surface area contributed by atoms with Crippen LogP contribution in [0.1, 0.15) is 36.5 Å². The molecule has 0 radical (unpaired) electrons. The molecule has 2 aromatic rings. The van der Waals surface area contributed by atoms with Gasteiger partial charge in [0, 0.05) is 50.3 Å². The van der Waals surface area contributed by atoms with E-state index >= 15 is 0 Å². The monoisotopic (exact) mass is 381 g/mol. The number of nitrogens with zero attached hydrogens (tertiary/aromatic N) is 3. The van der Waals surface area contributed by atoms with Crippen LogP contribution in [0.25, 0.3) is 0 Å². The second-order valence-electron chi connectivity index (χ2n) is 7.39. The third-order valence-corrected chi connectivity index (χ3v) is 5.09. The molecule has 1 saturated heterocycles. The average molecular weight is 382 g/mol. The van der Waals surface area contributed by atoms with Gasteiger partial charge in [0.2, 0.25) is 0 Å². The molecule has 2 N–H and O–H groups in total. The maximum atomic E-state index is 12.3. The summed E-state index contributed by atoms with van der Waals surface area (Å²) in [5.41, 5.74) is 3.63. The molecule has 0 atom stereocenters. The van der Waals surface area contributed by atoms with Crippen LogP contribution >= 0.6 is 0 Å². The molecule has 6 nitrogen and oxygen atoms in total. The van der Waals surface area contributed by atoms with E-state index in [1.807, 2.05) is 6.07 Å². The van der Waals surface area contributed by atoms with Gasteiger partial charge in [0.05, 0.1) is 17.4 Å². The van der Waals surface area contributed by atoms with Crippen molar-refractivity contribution in [3.63, 3.8) is 0 Å². The lowest BCUT2D eigenvalue weighted by Crippen LogP contribution is -2.44. The third kappa shape index (κ3) is 5.70. The number of carbonyl (C=O) groups is 1. The van der Waals surface area contributed by atoms with Crippen LogP contribution in [-0.2, 0) is 0 Å². The van der Waals surface area contributed by atoms with Gasteiger partial charge in [-0.3, -0.25) is 9.78 Å². The molecule has 1 amide bonds. The van der Waals surface area contributed by atoms with E-state index in [-0.39, 0.29) is 5.91 Å². The lowest BCUT2D eigenvalue weighted by atomic mass is 10.2. The summed E-state index contributed by atoms with van der Waals surface area (Å²) in [5, 5.41) is 6.30. The SMILES string of the molecule is CCCCCNC(=O)c1cncc(Nc2ccc(N3CCN(C)CC3)cc2)c1. The van der Waals surface area contributed by atoms with E-state index in [9.17, 15) is 4.79 Å². The Bertz CT molecular complexity index is 754. The first-order valence-corrected chi connectivity index (χ1v) is 10.2. The van der Waals surface area contributed by atoms with Gasteiger partial charge in [-0.25, -0.2) is 0 Å². The minimum atomic E-state index is -0.0716. The van der Waals surface area contributed by atoms with Gasteiger partial charge in [-0.05, 0) is 43.8 Å². The van der Waals surface area contributed by atoms with Gasteiger partial charge in [0.25, 0.3) is 5.91 Å². The van der Waals surface area contributed by atoms with Crippen molar-refractivity contribution in [1.82, 2.24) is 15.2 Å². The summed E-state index contributed by atoms with van der Waals surface area (Å²) in [7, 11) is 2.16. The van der Waals surface area contributed by atoms with Crippen LogP contribution in [0.3, 0.4) is 0 Å². The van der Waals surface area contributed by atoms with Gasteiger partial charge in [0.15, 0.2) is 0 Å². The van der Waals surface area contributed by atoms with Crippen molar-refractivity contribution < 1.29 is 4.79 Å². The lowest BCUT2D eigenvalue weighted by molar-refractivity contribution is 0.0952. The molecule has 0 bridgehead atoms. The summed E-state index contributed by atoms with van der Waals surface area (Å²) in [4.78, 5) is 21.2. The number of amides is 1. The summed E-state index contributed by atoms with van der Waals surface area (Å²) < 4.78 is 0. The Kier molecular flexibility index (Phi) is 7.25. The summed E-state index contributed by atoms with van der Waals surface area (Å²) in [6.45, 7) is 7.17. The van der Waals surface area contributed by atoms with Gasteiger partial charge < -0.3 is 20.4 Å². The highest BCUT2D eigenvalue weighted by atomic mass is 16.1. The Labute approximate surface area is 167 Å². The molecule has 1 aliphatic rings. The average Bonchev–Trinajstić information content (AvgIpc) is 2.72. The van der Waals surface area contributed by atoms with Gasteiger partial charge in [0.1, 0.15) is 0 Å². The molecule has 1 aromatic heterocycles. The van der Waals surface area contributed by atoms with Crippen molar-refractivity contribution in [3.8, 4) is 0 Å². The lowest BCUT2D eigenvalue weighted by Gasteiger charge is -2.34. The number of hydrogen-bond acceptors (Lipinski definition) is 5. The van der Waals surface area contributed by atoms with E-state index in [1.165, 1.54) is 5.69 Å². The molecular weight excluding hydrogens is 350 g/mol. The van der Waals surface area contributed by atoms with Crippen LogP contribution in [-0.4, -0.2) is 55.6 Å². The Morgan fingerprint density at radius 3 is 2.50 bits per heavy atom. The molecule has 150 valence electrons. The van der Waals surface area contributed by atoms with Crippen molar-refractivity contribution in [1.29, 1.82) is 0 Å². The zero-order valence-electron chi connectivity index (χ0n) is 16.9. The number of unbranched alkanes of at least 4 members (excludes halogenated alkanes) is 2. The van der Waals surface area contributed by atoms with Gasteiger partial charge in [-0.2, -0.15) is 0 Å². The minimum Gasteiger partial charge on any atom is -0.369 e. The molecular formula is C22H31N5O. The zero-order chi connectivity index (χ0) is 19.8. The molecule has 0 saturated carbocycles. The molecule has 0 unspecified atom stereocenters. The second kappa shape index (κ2) is 10.1. The van der Waals surface area contributed by atoms with Crippen LogP contribution in [0.4, 0.5) is 17.1 Å². The van der Waals surface area contributed by atoms with Crippen molar-refractivity contribution in [2.45, 2.75) is 26.2 Å². The van der Waals surface area contributed by atoms with E-state index in [0.29, 0.717) is 12.1 Å². The van der Waals surface area contributed by atoms with Crippen LogP contribution in [0.15, 0.2) is 42.7 Å². The summed E-state index contributed by atoms with van der Waals surface area (Å²) in [5.74, 6) is -0.0716. The fraction of sp³-hybridized carbons (Fsp3) is 0.455. The highest BCUT2D eigenvalue weighted by Crippen LogP contribution is 2.22. The first-order valence-electron chi connectivity index (χ1n) is 10.2. The van der Waals surface area contributed by atoms with Crippen LogP contribution in [0.5, 0.6) is 0 Å². The molecule has 2 heterocycles. The van der Waals surface area contributed by atoms with Crippen molar-refractivity contribution in [3.05, 3.63) is 48.3 Å². The Morgan fingerprint density at radius 2 is 1.79 bits per heavy atom. The van der Waals surface area contributed by atoms with E-state index in [4.69, 9.17) is 0 Å². The predicted molar refractivity (Wildman–Crippen MR) is 116 cm³/mol. The number of aromatic nitrogens is 1. The largest absolute Gasteiger partial charge is 0.369 e. The smallest absolute Gasteiger partial charge is 0.252 e. The van der Waals surface area contributed by atoms with Crippen LogP contribution in [0.2, 0.25) is 0 Å². The molecule has 6 heteroatoms. The first-order chi connectivity index (χ1) is 13.7. The fourth-order valence-electron chi connectivity index (χ4n) is 3.30. The Morgan fingerprint density at radius 1 is 1.04 bits per heavy atom. The number of nitrogens with one attached hydrogen (secondary N) is 2. The molecule has 0 aliphatic carbocycles. The Balaban J connectivity index is 1.57. The summed E-state index contributed by atoms with van der Waals surface area (Å²) >= 11 is 0. The van der Waals surface area contributed by atoms with Gasteiger partial charge in [-0.15, -0.1) is 0 Å². The van der Waals surface area contributed by atoms with E-state index in [1.54, 1.807) is 12.4 Å². The normalized spacial score (nSPS) is 14.7. The summed E-state index contributed by atoms with van der Waals surface area (Å²) in [6.07, 6.45) is 6.63. The number of carbonyl (C=O) groups excluding carboxylic acids is 1. The van der Waals surface area contributed by atoms with Crippen molar-refractivity contribution in [2.75, 3.05) is 50.0 Å². The molecule has 1 fully saturated rings. The molecule has 1 aromatic carbocycles. The highest BCUT2D eigenvalue weighted by Gasteiger charge is 2.14. The number of piperazine rings is 1. The molecule has 3 rings (SSSR count). The maximum absolute atomic E-state index is 12.3. The number of anilines is 3.